The second-order valence-electron chi connectivity index (χ2n) is 7.49. The minimum atomic E-state index is -0.230. The Balaban J connectivity index is 1.53. The van der Waals surface area contributed by atoms with Gasteiger partial charge in [0, 0.05) is 24.9 Å². The molecule has 27 heavy (non-hydrogen) atoms. The SMILES string of the molecule is O=C(CN(CCC[NH+]1CCOCC1)C(=O)C1CCCCC1)Nc1ccon1. The molecule has 150 valence electrons. The molecule has 1 saturated carbocycles. The summed E-state index contributed by atoms with van der Waals surface area (Å²) in [5, 5.41) is 6.39. The van der Waals surface area contributed by atoms with Crippen molar-refractivity contribution >= 4 is 17.6 Å². The van der Waals surface area contributed by atoms with Crippen LogP contribution in [0.4, 0.5) is 5.82 Å². The Labute approximate surface area is 160 Å². The van der Waals surface area contributed by atoms with Gasteiger partial charge in [-0.1, -0.05) is 24.4 Å². The molecule has 1 saturated heterocycles. The van der Waals surface area contributed by atoms with Crippen LogP contribution in [0.3, 0.4) is 0 Å². The number of hydrogen-bond acceptors (Lipinski definition) is 5. The van der Waals surface area contributed by atoms with Gasteiger partial charge in [-0.25, -0.2) is 0 Å². The maximum Gasteiger partial charge on any atom is 0.245 e. The van der Waals surface area contributed by atoms with Crippen molar-refractivity contribution in [1.29, 1.82) is 0 Å². The lowest BCUT2D eigenvalue weighted by Crippen LogP contribution is -3.14. The highest BCUT2D eigenvalue weighted by Crippen LogP contribution is 2.25. The number of carbonyl (C=O) groups excluding carboxylic acids is 2. The van der Waals surface area contributed by atoms with Gasteiger partial charge < -0.3 is 24.4 Å². The summed E-state index contributed by atoms with van der Waals surface area (Å²) in [5.41, 5.74) is 0. The van der Waals surface area contributed by atoms with E-state index in [-0.39, 0.29) is 24.3 Å². The molecule has 0 atom stereocenters. The molecule has 0 unspecified atom stereocenters. The zero-order chi connectivity index (χ0) is 18.9. The second-order valence-corrected chi connectivity index (χ2v) is 7.49. The summed E-state index contributed by atoms with van der Waals surface area (Å²) in [4.78, 5) is 28.6. The maximum absolute atomic E-state index is 13.0. The summed E-state index contributed by atoms with van der Waals surface area (Å²) in [6.07, 6.45) is 7.60. The molecule has 2 fully saturated rings. The van der Waals surface area contributed by atoms with E-state index in [1.54, 1.807) is 11.0 Å². The van der Waals surface area contributed by atoms with Crippen LogP contribution in [-0.4, -0.2) is 67.8 Å². The summed E-state index contributed by atoms with van der Waals surface area (Å²) in [5.74, 6) is 0.339. The van der Waals surface area contributed by atoms with Gasteiger partial charge in [0.2, 0.25) is 11.8 Å². The number of ether oxygens (including phenoxy) is 1. The second kappa shape index (κ2) is 10.4. The van der Waals surface area contributed by atoms with Gasteiger partial charge >= 0.3 is 0 Å². The predicted molar refractivity (Wildman–Crippen MR) is 99.3 cm³/mol. The van der Waals surface area contributed by atoms with Crippen LogP contribution in [0, 0.1) is 5.92 Å². The molecule has 2 N–H and O–H groups in total. The van der Waals surface area contributed by atoms with E-state index in [0.29, 0.717) is 12.4 Å². The van der Waals surface area contributed by atoms with Crippen molar-refractivity contribution in [2.24, 2.45) is 5.92 Å². The third kappa shape index (κ3) is 6.32. The van der Waals surface area contributed by atoms with E-state index in [9.17, 15) is 9.59 Å². The molecule has 2 aliphatic rings. The van der Waals surface area contributed by atoms with Crippen molar-refractivity contribution in [3.8, 4) is 0 Å². The van der Waals surface area contributed by atoms with Gasteiger partial charge in [0.25, 0.3) is 0 Å². The van der Waals surface area contributed by atoms with Crippen molar-refractivity contribution < 1.29 is 23.7 Å². The van der Waals surface area contributed by atoms with E-state index in [4.69, 9.17) is 9.26 Å². The number of amides is 2. The van der Waals surface area contributed by atoms with Crippen LogP contribution in [0.1, 0.15) is 38.5 Å². The van der Waals surface area contributed by atoms with E-state index in [1.807, 2.05) is 0 Å². The molecule has 3 rings (SSSR count). The largest absolute Gasteiger partial charge is 0.370 e. The fourth-order valence-electron chi connectivity index (χ4n) is 3.94. The Morgan fingerprint density at radius 1 is 1.22 bits per heavy atom. The first-order valence-corrected chi connectivity index (χ1v) is 10.1. The van der Waals surface area contributed by atoms with Crippen LogP contribution >= 0.6 is 0 Å². The van der Waals surface area contributed by atoms with Crippen molar-refractivity contribution in [1.82, 2.24) is 10.1 Å². The molecule has 0 radical (unpaired) electrons. The fraction of sp³-hybridized carbons (Fsp3) is 0.737. The average Bonchev–Trinajstić information content (AvgIpc) is 3.21. The molecular weight excluding hydrogens is 348 g/mol. The first-order chi connectivity index (χ1) is 13.2. The van der Waals surface area contributed by atoms with Crippen molar-refractivity contribution in [3.63, 3.8) is 0 Å². The lowest BCUT2D eigenvalue weighted by atomic mass is 9.88. The number of quaternary nitrogens is 1. The number of carbonyl (C=O) groups is 2. The number of aromatic nitrogens is 1. The summed E-state index contributed by atoms with van der Waals surface area (Å²) >= 11 is 0. The number of nitrogens with zero attached hydrogens (tertiary/aromatic N) is 2. The van der Waals surface area contributed by atoms with Gasteiger partial charge in [-0.05, 0) is 12.8 Å². The van der Waals surface area contributed by atoms with Crippen LogP contribution in [0.2, 0.25) is 0 Å². The van der Waals surface area contributed by atoms with Gasteiger partial charge in [-0.2, -0.15) is 0 Å². The van der Waals surface area contributed by atoms with E-state index >= 15 is 0 Å². The lowest BCUT2D eigenvalue weighted by molar-refractivity contribution is -0.908. The Hall–Kier alpha value is -1.93. The van der Waals surface area contributed by atoms with Gasteiger partial charge in [-0.3, -0.25) is 9.59 Å². The Bertz CT molecular complexity index is 581. The number of anilines is 1. The molecule has 2 amide bonds. The van der Waals surface area contributed by atoms with E-state index in [0.717, 1.165) is 65.0 Å². The van der Waals surface area contributed by atoms with Crippen LogP contribution in [0.5, 0.6) is 0 Å². The molecule has 2 heterocycles. The highest BCUT2D eigenvalue weighted by molar-refractivity contribution is 5.94. The molecule has 8 heteroatoms. The predicted octanol–water partition coefficient (Wildman–Crippen LogP) is 0.327. The zero-order valence-corrected chi connectivity index (χ0v) is 16.0. The Morgan fingerprint density at radius 3 is 2.70 bits per heavy atom. The summed E-state index contributed by atoms with van der Waals surface area (Å²) in [6.45, 7) is 5.34. The molecule has 1 aromatic rings. The average molecular weight is 379 g/mol. The minimum absolute atomic E-state index is 0.0642. The van der Waals surface area contributed by atoms with Crippen LogP contribution in [0.25, 0.3) is 0 Å². The standard InChI is InChI=1S/C19H30N4O4/c24-18(20-17-7-12-27-21-17)15-23(19(25)16-5-2-1-3-6-16)9-4-8-22-10-13-26-14-11-22/h7,12,16H,1-6,8-11,13-15H2,(H,20,21,24)/p+1. The van der Waals surface area contributed by atoms with Crippen molar-refractivity contribution in [2.45, 2.75) is 38.5 Å². The number of nitrogens with one attached hydrogen (secondary N) is 2. The molecule has 1 aliphatic carbocycles. The smallest absolute Gasteiger partial charge is 0.245 e. The topological polar surface area (TPSA) is 89.1 Å². The normalized spacial score (nSPS) is 19.0. The molecule has 0 bridgehead atoms. The highest BCUT2D eigenvalue weighted by atomic mass is 16.5. The molecule has 0 aromatic carbocycles. The summed E-state index contributed by atoms with van der Waals surface area (Å²) in [7, 11) is 0. The molecule has 0 spiro atoms. The monoisotopic (exact) mass is 379 g/mol. The Kier molecular flexibility index (Phi) is 7.65. The lowest BCUT2D eigenvalue weighted by Gasteiger charge is -2.30. The van der Waals surface area contributed by atoms with Crippen LogP contribution < -0.4 is 10.2 Å². The first-order valence-electron chi connectivity index (χ1n) is 10.1. The van der Waals surface area contributed by atoms with Gasteiger partial charge in [0.05, 0.1) is 26.3 Å². The van der Waals surface area contributed by atoms with Crippen LogP contribution in [-0.2, 0) is 14.3 Å². The number of rotatable bonds is 8. The molecule has 8 nitrogen and oxygen atoms in total. The van der Waals surface area contributed by atoms with Gasteiger partial charge in [-0.15, -0.1) is 0 Å². The third-order valence-electron chi connectivity index (χ3n) is 5.46. The first kappa shape index (κ1) is 19.8. The highest BCUT2D eigenvalue weighted by Gasteiger charge is 2.27. The van der Waals surface area contributed by atoms with E-state index in [2.05, 4.69) is 10.5 Å². The molecular formula is C19H31N4O4+. The zero-order valence-electron chi connectivity index (χ0n) is 16.0. The van der Waals surface area contributed by atoms with Crippen molar-refractivity contribution in [2.75, 3.05) is 51.3 Å². The van der Waals surface area contributed by atoms with E-state index < -0.39 is 0 Å². The van der Waals surface area contributed by atoms with Crippen LogP contribution in [0.15, 0.2) is 16.9 Å². The third-order valence-corrected chi connectivity index (χ3v) is 5.46. The quantitative estimate of drug-likeness (QED) is 0.679. The fourth-order valence-corrected chi connectivity index (χ4v) is 3.94. The molecule has 1 aliphatic heterocycles. The van der Waals surface area contributed by atoms with Crippen molar-refractivity contribution in [3.05, 3.63) is 12.3 Å². The van der Waals surface area contributed by atoms with Gasteiger partial charge in [0.1, 0.15) is 19.4 Å². The minimum Gasteiger partial charge on any atom is -0.370 e. The maximum atomic E-state index is 13.0. The Morgan fingerprint density at radius 2 is 2.00 bits per heavy atom. The van der Waals surface area contributed by atoms with Gasteiger partial charge in [0.15, 0.2) is 5.82 Å². The number of hydrogen-bond donors (Lipinski definition) is 2. The summed E-state index contributed by atoms with van der Waals surface area (Å²) < 4.78 is 10.1. The number of morpholine rings is 1. The summed E-state index contributed by atoms with van der Waals surface area (Å²) in [6, 6.07) is 1.59. The molecule has 1 aromatic heterocycles. The van der Waals surface area contributed by atoms with E-state index in [1.165, 1.54) is 17.6 Å².